The van der Waals surface area contributed by atoms with Crippen molar-refractivity contribution in [3.05, 3.63) is 17.5 Å². The average molecular weight is 328 g/mol. The van der Waals surface area contributed by atoms with Crippen molar-refractivity contribution in [1.29, 1.82) is 0 Å². The molecule has 1 aromatic rings. The first-order valence-corrected chi connectivity index (χ1v) is 9.20. The number of nitrogens with one attached hydrogen (secondary N) is 1. The van der Waals surface area contributed by atoms with Crippen molar-refractivity contribution in [2.45, 2.75) is 23.5 Å². The second kappa shape index (κ2) is 5.42. The summed E-state index contributed by atoms with van der Waals surface area (Å²) in [6.07, 6.45) is 2.36. The highest BCUT2D eigenvalue weighted by Crippen LogP contribution is 2.32. The van der Waals surface area contributed by atoms with Gasteiger partial charge in [-0.1, -0.05) is 6.07 Å². The molecule has 1 aromatic heterocycles. The van der Waals surface area contributed by atoms with Crippen molar-refractivity contribution in [2.75, 3.05) is 13.1 Å². The highest BCUT2D eigenvalue weighted by atomic mass is 32.2. The third kappa shape index (κ3) is 3.26. The molecular weight excluding hydrogens is 312 g/mol. The standard InChI is InChI=1S/C13H16N2O4S2/c16-11-6-10(8-15(11)7-9-3-4-9)13(17)14-21(18,19)12-2-1-5-20-12/h1-2,5,9-10H,3-4,6-8H2,(H,14,17). The minimum atomic E-state index is -3.81. The zero-order valence-electron chi connectivity index (χ0n) is 11.3. The molecule has 2 fully saturated rings. The Labute approximate surface area is 127 Å². The molecule has 0 spiro atoms. The van der Waals surface area contributed by atoms with Crippen molar-refractivity contribution in [3.8, 4) is 0 Å². The van der Waals surface area contributed by atoms with E-state index < -0.39 is 21.8 Å². The first-order chi connectivity index (χ1) is 9.95. The number of sulfonamides is 1. The number of rotatable bonds is 5. The first-order valence-electron chi connectivity index (χ1n) is 6.83. The van der Waals surface area contributed by atoms with Crippen LogP contribution in [-0.2, 0) is 19.6 Å². The van der Waals surface area contributed by atoms with E-state index >= 15 is 0 Å². The van der Waals surface area contributed by atoms with E-state index in [1.54, 1.807) is 16.3 Å². The lowest BCUT2D eigenvalue weighted by atomic mass is 10.1. The summed E-state index contributed by atoms with van der Waals surface area (Å²) in [5.74, 6) is -0.665. The average Bonchev–Trinajstić information content (AvgIpc) is 2.90. The largest absolute Gasteiger partial charge is 0.342 e. The van der Waals surface area contributed by atoms with Crippen LogP contribution in [0.25, 0.3) is 0 Å². The summed E-state index contributed by atoms with van der Waals surface area (Å²) in [6.45, 7) is 1.02. The third-order valence-corrected chi connectivity index (χ3v) is 6.50. The van der Waals surface area contributed by atoms with E-state index in [4.69, 9.17) is 0 Å². The molecule has 2 heterocycles. The summed E-state index contributed by atoms with van der Waals surface area (Å²) in [4.78, 5) is 25.6. The molecule has 8 heteroatoms. The number of carbonyl (C=O) groups excluding carboxylic acids is 2. The Hall–Kier alpha value is -1.41. The van der Waals surface area contributed by atoms with Gasteiger partial charge in [0, 0.05) is 19.5 Å². The minimum absolute atomic E-state index is 0.0597. The van der Waals surface area contributed by atoms with E-state index in [0.29, 0.717) is 19.0 Å². The molecule has 2 aliphatic rings. The molecule has 1 saturated heterocycles. The Balaban J connectivity index is 1.62. The maximum absolute atomic E-state index is 12.1. The molecule has 0 radical (unpaired) electrons. The van der Waals surface area contributed by atoms with Gasteiger partial charge < -0.3 is 4.90 Å². The Morgan fingerprint density at radius 2 is 2.19 bits per heavy atom. The van der Waals surface area contributed by atoms with Crippen LogP contribution in [-0.4, -0.2) is 38.2 Å². The lowest BCUT2D eigenvalue weighted by Gasteiger charge is -2.15. The van der Waals surface area contributed by atoms with Crippen molar-refractivity contribution in [2.24, 2.45) is 11.8 Å². The van der Waals surface area contributed by atoms with Crippen LogP contribution in [0.2, 0.25) is 0 Å². The summed E-state index contributed by atoms with van der Waals surface area (Å²) in [5, 5.41) is 1.63. The molecule has 1 aliphatic heterocycles. The van der Waals surface area contributed by atoms with Crippen LogP contribution in [0.1, 0.15) is 19.3 Å². The van der Waals surface area contributed by atoms with E-state index in [0.717, 1.165) is 24.2 Å². The fraction of sp³-hybridized carbons (Fsp3) is 0.538. The van der Waals surface area contributed by atoms with E-state index in [1.807, 2.05) is 0 Å². The summed E-state index contributed by atoms with van der Waals surface area (Å²) >= 11 is 1.05. The number of thiophene rings is 1. The molecule has 1 N–H and O–H groups in total. The molecule has 3 rings (SSSR count). The Bertz CT molecular complexity index is 650. The molecule has 1 atom stereocenters. The molecule has 0 aromatic carbocycles. The van der Waals surface area contributed by atoms with Crippen LogP contribution in [0, 0.1) is 11.8 Å². The second-order valence-corrected chi connectivity index (χ2v) is 8.40. The van der Waals surface area contributed by atoms with Gasteiger partial charge >= 0.3 is 0 Å². The number of hydrogen-bond donors (Lipinski definition) is 1. The fourth-order valence-corrected chi connectivity index (χ4v) is 4.46. The maximum atomic E-state index is 12.1. The predicted octanol–water partition coefficient (Wildman–Crippen LogP) is 0.811. The monoisotopic (exact) mass is 328 g/mol. The lowest BCUT2D eigenvalue weighted by molar-refractivity contribution is -0.128. The number of likely N-dealkylation sites (tertiary alicyclic amines) is 1. The van der Waals surface area contributed by atoms with E-state index in [2.05, 4.69) is 4.72 Å². The number of hydrogen-bond acceptors (Lipinski definition) is 5. The molecule has 1 unspecified atom stereocenters. The van der Waals surface area contributed by atoms with Crippen molar-refractivity contribution in [1.82, 2.24) is 9.62 Å². The lowest BCUT2D eigenvalue weighted by Crippen LogP contribution is -2.37. The zero-order valence-corrected chi connectivity index (χ0v) is 13.0. The van der Waals surface area contributed by atoms with Crippen molar-refractivity contribution in [3.63, 3.8) is 0 Å². The van der Waals surface area contributed by atoms with Gasteiger partial charge in [-0.05, 0) is 30.2 Å². The highest BCUT2D eigenvalue weighted by molar-refractivity contribution is 7.92. The van der Waals surface area contributed by atoms with Gasteiger partial charge in [0.1, 0.15) is 4.21 Å². The minimum Gasteiger partial charge on any atom is -0.342 e. The molecule has 6 nitrogen and oxygen atoms in total. The zero-order chi connectivity index (χ0) is 15.0. The quantitative estimate of drug-likeness (QED) is 0.867. The Kier molecular flexibility index (Phi) is 3.75. The van der Waals surface area contributed by atoms with Crippen LogP contribution in [0.15, 0.2) is 21.7 Å². The van der Waals surface area contributed by atoms with Gasteiger partial charge in [-0.3, -0.25) is 9.59 Å². The normalized spacial score (nSPS) is 22.6. The smallest absolute Gasteiger partial charge is 0.273 e. The molecule has 0 bridgehead atoms. The SMILES string of the molecule is O=C(NS(=O)(=O)c1cccs1)C1CC(=O)N(CC2CC2)C1. The Morgan fingerprint density at radius 1 is 1.43 bits per heavy atom. The highest BCUT2D eigenvalue weighted by Gasteiger charge is 2.38. The summed E-state index contributed by atoms with van der Waals surface area (Å²) < 4.78 is 26.2. The van der Waals surface area contributed by atoms with Crippen molar-refractivity contribution < 1.29 is 18.0 Å². The Morgan fingerprint density at radius 3 is 2.81 bits per heavy atom. The van der Waals surface area contributed by atoms with Crippen LogP contribution in [0.4, 0.5) is 0 Å². The second-order valence-electron chi connectivity index (χ2n) is 5.54. The molecule has 114 valence electrons. The van der Waals surface area contributed by atoms with Crippen LogP contribution < -0.4 is 4.72 Å². The first kappa shape index (κ1) is 14.5. The number of amides is 2. The summed E-state index contributed by atoms with van der Waals surface area (Å²) in [6, 6.07) is 3.06. The van der Waals surface area contributed by atoms with Crippen LogP contribution >= 0.6 is 11.3 Å². The molecule has 2 amide bonds. The molecule has 1 aliphatic carbocycles. The third-order valence-electron chi connectivity index (χ3n) is 3.76. The van der Waals surface area contributed by atoms with Gasteiger partial charge in [-0.2, -0.15) is 0 Å². The van der Waals surface area contributed by atoms with Crippen molar-refractivity contribution >= 4 is 33.2 Å². The van der Waals surface area contributed by atoms with Gasteiger partial charge in [0.05, 0.1) is 5.92 Å². The maximum Gasteiger partial charge on any atom is 0.273 e. The van der Waals surface area contributed by atoms with E-state index in [9.17, 15) is 18.0 Å². The topological polar surface area (TPSA) is 83.5 Å². The van der Waals surface area contributed by atoms with Crippen LogP contribution in [0.5, 0.6) is 0 Å². The van der Waals surface area contributed by atoms with Gasteiger partial charge in [0.25, 0.3) is 10.0 Å². The summed E-state index contributed by atoms with van der Waals surface area (Å²) in [5.41, 5.74) is 0. The van der Waals surface area contributed by atoms with Gasteiger partial charge in [-0.25, -0.2) is 13.1 Å². The molecular formula is C13H16N2O4S2. The van der Waals surface area contributed by atoms with Crippen LogP contribution in [0.3, 0.4) is 0 Å². The number of carbonyl (C=O) groups is 2. The van der Waals surface area contributed by atoms with Gasteiger partial charge in [0.2, 0.25) is 11.8 Å². The van der Waals surface area contributed by atoms with E-state index in [1.165, 1.54) is 6.07 Å². The summed E-state index contributed by atoms with van der Waals surface area (Å²) in [7, 11) is -3.81. The molecule has 21 heavy (non-hydrogen) atoms. The van der Waals surface area contributed by atoms with Gasteiger partial charge in [0.15, 0.2) is 0 Å². The number of nitrogens with zero attached hydrogens (tertiary/aromatic N) is 1. The predicted molar refractivity (Wildman–Crippen MR) is 77.1 cm³/mol. The van der Waals surface area contributed by atoms with Gasteiger partial charge in [-0.15, -0.1) is 11.3 Å². The fourth-order valence-electron chi connectivity index (χ4n) is 2.42. The molecule has 1 saturated carbocycles. The van der Waals surface area contributed by atoms with E-state index in [-0.39, 0.29) is 16.5 Å².